The summed E-state index contributed by atoms with van der Waals surface area (Å²) in [5.74, 6) is 0.918. The van der Waals surface area contributed by atoms with E-state index in [4.69, 9.17) is 4.99 Å². The van der Waals surface area contributed by atoms with Gasteiger partial charge in [0.25, 0.3) is 0 Å². The van der Waals surface area contributed by atoms with Crippen LogP contribution in [-0.4, -0.2) is 17.8 Å². The largest absolute Gasteiger partial charge is 0.312 e. The minimum atomic E-state index is -0.198. The maximum absolute atomic E-state index is 12.1. The van der Waals surface area contributed by atoms with Crippen LogP contribution in [0.4, 0.5) is 0 Å². The zero-order valence-electron chi connectivity index (χ0n) is 12.6. The Labute approximate surface area is 121 Å². The number of hydrogen-bond donors (Lipinski definition) is 1. The first-order valence-electron chi connectivity index (χ1n) is 7.62. The second kappa shape index (κ2) is 6.21. The molecule has 0 aliphatic carbocycles. The van der Waals surface area contributed by atoms with Gasteiger partial charge in [-0.3, -0.25) is 9.79 Å². The average molecular weight is 272 g/mol. The predicted molar refractivity (Wildman–Crippen MR) is 83.0 cm³/mol. The molecule has 0 aromatic heterocycles. The van der Waals surface area contributed by atoms with Crippen LogP contribution >= 0.6 is 0 Å². The molecule has 3 nitrogen and oxygen atoms in total. The molecule has 2 rings (SSSR count). The monoisotopic (exact) mass is 272 g/mol. The van der Waals surface area contributed by atoms with Crippen molar-refractivity contribution in [3.8, 4) is 0 Å². The number of aliphatic imine (C=N–C) groups is 1. The maximum Gasteiger partial charge on any atom is 0.250 e. The fraction of sp³-hybridized carbons (Fsp3) is 0.529. The summed E-state index contributed by atoms with van der Waals surface area (Å²) in [5, 5.41) is 3.04. The highest BCUT2D eigenvalue weighted by molar-refractivity contribution is 6.10. The number of nitrogens with zero attached hydrogens (tertiary/aromatic N) is 1. The molecular formula is C17H24N2O. The molecule has 20 heavy (non-hydrogen) atoms. The molecule has 108 valence electrons. The van der Waals surface area contributed by atoms with Gasteiger partial charge in [-0.25, -0.2) is 0 Å². The Morgan fingerprint density at radius 1 is 1.15 bits per heavy atom. The Hall–Kier alpha value is -1.64. The van der Waals surface area contributed by atoms with E-state index in [1.807, 2.05) is 6.07 Å². The van der Waals surface area contributed by atoms with Crippen molar-refractivity contribution in [3.05, 3.63) is 35.9 Å². The van der Waals surface area contributed by atoms with Gasteiger partial charge in [0.05, 0.1) is 5.41 Å². The van der Waals surface area contributed by atoms with E-state index in [-0.39, 0.29) is 17.4 Å². The molecule has 1 unspecified atom stereocenters. The lowest BCUT2D eigenvalue weighted by Crippen LogP contribution is -2.43. The average Bonchev–Trinajstić information content (AvgIpc) is 2.84. The van der Waals surface area contributed by atoms with Gasteiger partial charge in [-0.1, -0.05) is 57.5 Å². The Bertz CT molecular complexity index is 489. The molecule has 0 bridgehead atoms. The summed E-state index contributed by atoms with van der Waals surface area (Å²) in [6.07, 6.45) is 3.68. The smallest absolute Gasteiger partial charge is 0.250 e. The molecule has 3 heteroatoms. The number of carbonyl (C=O) groups is 1. The van der Waals surface area contributed by atoms with E-state index in [9.17, 15) is 4.79 Å². The molecule has 0 saturated heterocycles. The molecule has 1 atom stereocenters. The predicted octanol–water partition coefficient (Wildman–Crippen LogP) is 3.44. The van der Waals surface area contributed by atoms with Gasteiger partial charge in [0, 0.05) is 0 Å². The normalized spacial score (nSPS) is 18.9. The Morgan fingerprint density at radius 2 is 1.80 bits per heavy atom. The summed E-state index contributed by atoms with van der Waals surface area (Å²) in [6, 6.07) is 10.2. The fourth-order valence-electron chi connectivity index (χ4n) is 3.05. The Kier molecular flexibility index (Phi) is 4.58. The summed E-state index contributed by atoms with van der Waals surface area (Å²) in [6.45, 7) is 6.42. The van der Waals surface area contributed by atoms with Crippen molar-refractivity contribution in [1.29, 1.82) is 0 Å². The SMILES string of the molecule is CCCC1N=C(C(CC)(CC)c2ccccc2)NC1=O. The summed E-state index contributed by atoms with van der Waals surface area (Å²) in [4.78, 5) is 16.8. The topological polar surface area (TPSA) is 41.5 Å². The van der Waals surface area contributed by atoms with E-state index in [1.54, 1.807) is 0 Å². The van der Waals surface area contributed by atoms with Gasteiger partial charge in [0.15, 0.2) is 0 Å². The van der Waals surface area contributed by atoms with Gasteiger partial charge < -0.3 is 5.32 Å². The second-order valence-corrected chi connectivity index (χ2v) is 5.43. The van der Waals surface area contributed by atoms with E-state index in [1.165, 1.54) is 5.56 Å². The van der Waals surface area contributed by atoms with Crippen LogP contribution in [0.25, 0.3) is 0 Å². The third kappa shape index (κ3) is 2.49. The third-order valence-electron chi connectivity index (χ3n) is 4.38. The van der Waals surface area contributed by atoms with Crippen molar-refractivity contribution in [2.75, 3.05) is 0 Å². The zero-order chi connectivity index (χ0) is 14.6. The minimum Gasteiger partial charge on any atom is -0.312 e. The fourth-order valence-corrected chi connectivity index (χ4v) is 3.05. The van der Waals surface area contributed by atoms with E-state index >= 15 is 0 Å². The number of hydrogen-bond acceptors (Lipinski definition) is 2. The first-order valence-corrected chi connectivity index (χ1v) is 7.62. The first-order chi connectivity index (χ1) is 9.67. The van der Waals surface area contributed by atoms with Crippen molar-refractivity contribution in [2.24, 2.45) is 4.99 Å². The standard InChI is InChI=1S/C17H24N2O/c1-4-10-14-15(20)19-16(18-14)17(5-2,6-3)13-11-8-7-9-12-13/h7-9,11-12,14H,4-6,10H2,1-3H3,(H,18,19,20). The van der Waals surface area contributed by atoms with Crippen LogP contribution in [0.3, 0.4) is 0 Å². The number of amidine groups is 1. The van der Waals surface area contributed by atoms with E-state index < -0.39 is 0 Å². The van der Waals surface area contributed by atoms with Crippen molar-refractivity contribution >= 4 is 11.7 Å². The molecule has 1 amide bonds. The lowest BCUT2D eigenvalue weighted by molar-refractivity contribution is -0.120. The summed E-state index contributed by atoms with van der Waals surface area (Å²) in [5.41, 5.74) is 1.07. The molecular weight excluding hydrogens is 248 g/mol. The van der Waals surface area contributed by atoms with Crippen LogP contribution in [0.1, 0.15) is 52.0 Å². The van der Waals surface area contributed by atoms with Gasteiger partial charge in [-0.05, 0) is 24.8 Å². The quantitative estimate of drug-likeness (QED) is 0.846. The lowest BCUT2D eigenvalue weighted by atomic mass is 9.74. The van der Waals surface area contributed by atoms with Crippen LogP contribution in [0.2, 0.25) is 0 Å². The molecule has 1 aliphatic heterocycles. The highest BCUT2D eigenvalue weighted by Crippen LogP contribution is 2.34. The number of nitrogens with one attached hydrogen (secondary N) is 1. The number of amides is 1. The third-order valence-corrected chi connectivity index (χ3v) is 4.38. The molecule has 0 saturated carbocycles. The number of rotatable bonds is 6. The van der Waals surface area contributed by atoms with Crippen molar-refractivity contribution in [3.63, 3.8) is 0 Å². The molecule has 0 radical (unpaired) electrons. The molecule has 1 aromatic carbocycles. The van der Waals surface area contributed by atoms with Crippen molar-refractivity contribution < 1.29 is 4.79 Å². The zero-order valence-corrected chi connectivity index (χ0v) is 12.6. The Balaban J connectivity index is 2.40. The summed E-state index contributed by atoms with van der Waals surface area (Å²) >= 11 is 0. The number of benzene rings is 1. The minimum absolute atomic E-state index is 0.0593. The highest BCUT2D eigenvalue weighted by atomic mass is 16.2. The van der Waals surface area contributed by atoms with Crippen LogP contribution in [0, 0.1) is 0 Å². The van der Waals surface area contributed by atoms with Crippen LogP contribution < -0.4 is 5.32 Å². The van der Waals surface area contributed by atoms with Crippen LogP contribution in [-0.2, 0) is 10.2 Å². The maximum atomic E-state index is 12.1. The van der Waals surface area contributed by atoms with E-state index in [0.717, 1.165) is 31.5 Å². The van der Waals surface area contributed by atoms with Gasteiger partial charge in [-0.2, -0.15) is 0 Å². The molecule has 0 fully saturated rings. The van der Waals surface area contributed by atoms with Crippen molar-refractivity contribution in [2.45, 2.75) is 57.9 Å². The summed E-state index contributed by atoms with van der Waals surface area (Å²) in [7, 11) is 0. The molecule has 1 aliphatic rings. The lowest BCUT2D eigenvalue weighted by Gasteiger charge is -2.32. The molecule has 1 N–H and O–H groups in total. The first kappa shape index (κ1) is 14.8. The van der Waals surface area contributed by atoms with Crippen LogP contribution in [0.15, 0.2) is 35.3 Å². The highest BCUT2D eigenvalue weighted by Gasteiger charge is 2.40. The molecule has 1 heterocycles. The summed E-state index contributed by atoms with van der Waals surface area (Å²) < 4.78 is 0. The van der Waals surface area contributed by atoms with Gasteiger partial charge in [-0.15, -0.1) is 0 Å². The van der Waals surface area contributed by atoms with Gasteiger partial charge >= 0.3 is 0 Å². The second-order valence-electron chi connectivity index (χ2n) is 5.43. The van der Waals surface area contributed by atoms with E-state index in [2.05, 4.69) is 50.4 Å². The van der Waals surface area contributed by atoms with Crippen molar-refractivity contribution in [1.82, 2.24) is 5.32 Å². The number of carbonyl (C=O) groups excluding carboxylic acids is 1. The molecule has 0 spiro atoms. The Morgan fingerprint density at radius 3 is 2.35 bits per heavy atom. The van der Waals surface area contributed by atoms with E-state index in [0.29, 0.717) is 0 Å². The van der Waals surface area contributed by atoms with Gasteiger partial charge in [0.1, 0.15) is 11.9 Å². The van der Waals surface area contributed by atoms with Gasteiger partial charge in [0.2, 0.25) is 5.91 Å². The van der Waals surface area contributed by atoms with Crippen LogP contribution in [0.5, 0.6) is 0 Å². The molecule has 1 aromatic rings.